The maximum Gasteiger partial charge on any atom is 0.243 e. The van der Waals surface area contributed by atoms with Crippen molar-refractivity contribution in [1.29, 1.82) is 0 Å². The van der Waals surface area contributed by atoms with Crippen LogP contribution >= 0.6 is 0 Å². The van der Waals surface area contributed by atoms with E-state index in [1.807, 2.05) is 38.1 Å². The fourth-order valence-corrected chi connectivity index (χ4v) is 5.93. The van der Waals surface area contributed by atoms with Crippen molar-refractivity contribution in [2.45, 2.75) is 123 Å². The molecule has 0 spiro atoms. The summed E-state index contributed by atoms with van der Waals surface area (Å²) < 4.78 is 0. The molecule has 0 bridgehead atoms. The topological polar surface area (TPSA) is 300 Å². The molecular weight excluding hydrogens is 708 g/mol. The Morgan fingerprint density at radius 3 is 1.82 bits per heavy atom. The van der Waals surface area contributed by atoms with Gasteiger partial charge in [-0.15, -0.1) is 0 Å². The van der Waals surface area contributed by atoms with Crippen molar-refractivity contribution in [2.24, 2.45) is 40.7 Å². The molecule has 2 rings (SSSR count). The van der Waals surface area contributed by atoms with E-state index in [-0.39, 0.29) is 43.9 Å². The van der Waals surface area contributed by atoms with Crippen LogP contribution in [0.2, 0.25) is 0 Å². The molecule has 0 radical (unpaired) electrons. The summed E-state index contributed by atoms with van der Waals surface area (Å²) in [5.41, 5.74) is 24.3. The Kier molecular flexibility index (Phi) is 18.8. The van der Waals surface area contributed by atoms with Crippen molar-refractivity contribution in [3.63, 3.8) is 0 Å². The maximum atomic E-state index is 13.8. The third-order valence-electron chi connectivity index (χ3n) is 9.26. The van der Waals surface area contributed by atoms with Crippen molar-refractivity contribution < 1.29 is 33.6 Å². The highest BCUT2D eigenvalue weighted by molar-refractivity contribution is 5.97. The molecule has 0 aliphatic heterocycles. The van der Waals surface area contributed by atoms with E-state index in [2.05, 4.69) is 31.6 Å². The van der Waals surface area contributed by atoms with Crippen molar-refractivity contribution in [3.05, 3.63) is 36.0 Å². The molecular formula is C38H62N10O7. The maximum absolute atomic E-state index is 13.8. The molecule has 55 heavy (non-hydrogen) atoms. The summed E-state index contributed by atoms with van der Waals surface area (Å²) in [5, 5.41) is 14.2. The summed E-state index contributed by atoms with van der Waals surface area (Å²) in [5.74, 6) is -5.54. The normalized spacial score (nSPS) is 14.7. The van der Waals surface area contributed by atoms with Crippen molar-refractivity contribution in [2.75, 3.05) is 6.54 Å². The number of aromatic nitrogens is 1. The van der Waals surface area contributed by atoms with Gasteiger partial charge in [0.25, 0.3) is 0 Å². The number of hydrogen-bond acceptors (Lipinski definition) is 9. The van der Waals surface area contributed by atoms with Gasteiger partial charge in [-0.2, -0.15) is 0 Å². The van der Waals surface area contributed by atoms with Crippen LogP contribution in [0.3, 0.4) is 0 Å². The number of nitrogens with two attached hydrogens (primary N) is 4. The number of para-hydroxylation sites is 1. The monoisotopic (exact) mass is 770 g/mol. The van der Waals surface area contributed by atoms with Crippen LogP contribution in [0, 0.1) is 17.8 Å². The van der Waals surface area contributed by atoms with E-state index in [9.17, 15) is 33.6 Å². The Morgan fingerprint density at radius 1 is 0.673 bits per heavy atom. The molecule has 0 aliphatic carbocycles. The highest BCUT2D eigenvalue weighted by atomic mass is 16.2. The van der Waals surface area contributed by atoms with Crippen LogP contribution in [-0.2, 0) is 40.0 Å². The molecule has 0 unspecified atom stereocenters. The van der Waals surface area contributed by atoms with Crippen LogP contribution in [0.4, 0.5) is 0 Å². The van der Waals surface area contributed by atoms with Crippen LogP contribution in [0.1, 0.15) is 85.6 Å². The first kappa shape index (κ1) is 46.1. The highest BCUT2D eigenvalue weighted by Crippen LogP contribution is 2.19. The quantitative estimate of drug-likeness (QED) is 0.0626. The number of H-pyrrole nitrogens is 1. The number of amides is 7. The lowest BCUT2D eigenvalue weighted by atomic mass is 9.98. The number of unbranched alkanes of at least 4 members (excludes halogenated alkanes) is 1. The Bertz CT molecular complexity index is 1630. The summed E-state index contributed by atoms with van der Waals surface area (Å²) in [7, 11) is 0. The SMILES string of the molecule is CC(C)C[C@H](NC(=O)[C@@H](NC(=O)[C@H](CCCCN)NC(=O)[C@@H](N)C(C)C)C(C)C)C(=O)N[C@@H](CCC(N)=O)C(=O)N[C@@H](Cc1c[nH]c2ccccc12)C(N)=O. The van der Waals surface area contributed by atoms with Crippen molar-refractivity contribution >= 4 is 52.3 Å². The first-order valence-electron chi connectivity index (χ1n) is 19.0. The number of carbonyl (C=O) groups is 7. The zero-order valence-corrected chi connectivity index (χ0v) is 32.9. The molecule has 7 amide bonds. The number of rotatable bonds is 24. The van der Waals surface area contributed by atoms with E-state index in [1.54, 1.807) is 33.9 Å². The average Bonchev–Trinajstić information content (AvgIpc) is 3.52. The molecule has 0 saturated heterocycles. The van der Waals surface area contributed by atoms with Gasteiger partial charge in [0.1, 0.15) is 30.2 Å². The minimum atomic E-state index is -1.33. The zero-order chi connectivity index (χ0) is 41.4. The van der Waals surface area contributed by atoms with Gasteiger partial charge in [-0.25, -0.2) is 0 Å². The van der Waals surface area contributed by atoms with Gasteiger partial charge in [0.05, 0.1) is 6.04 Å². The smallest absolute Gasteiger partial charge is 0.243 e. The summed E-state index contributed by atoms with van der Waals surface area (Å²) >= 11 is 0. The second-order valence-corrected chi connectivity index (χ2v) is 15.1. The number of nitrogens with one attached hydrogen (secondary N) is 6. The molecule has 2 aromatic rings. The van der Waals surface area contributed by atoms with E-state index < -0.39 is 83.5 Å². The van der Waals surface area contributed by atoms with E-state index >= 15 is 0 Å². The number of carbonyl (C=O) groups excluding carboxylic acids is 7. The molecule has 17 nitrogen and oxygen atoms in total. The van der Waals surface area contributed by atoms with Gasteiger partial charge in [0, 0.05) is 29.9 Å². The molecule has 1 heterocycles. The lowest BCUT2D eigenvalue weighted by Crippen LogP contribution is -2.60. The molecule has 0 fully saturated rings. The van der Waals surface area contributed by atoms with Gasteiger partial charge in [-0.3, -0.25) is 33.6 Å². The molecule has 306 valence electrons. The van der Waals surface area contributed by atoms with Gasteiger partial charge < -0.3 is 54.5 Å². The molecule has 6 atom stereocenters. The highest BCUT2D eigenvalue weighted by Gasteiger charge is 2.34. The third-order valence-corrected chi connectivity index (χ3v) is 9.26. The summed E-state index contributed by atoms with van der Waals surface area (Å²) in [6.07, 6.45) is 2.86. The second kappa shape index (κ2) is 22.4. The number of primary amides is 2. The summed E-state index contributed by atoms with van der Waals surface area (Å²) in [4.78, 5) is 95.0. The van der Waals surface area contributed by atoms with Crippen molar-refractivity contribution in [1.82, 2.24) is 31.6 Å². The van der Waals surface area contributed by atoms with Gasteiger partial charge in [0.2, 0.25) is 41.4 Å². The van der Waals surface area contributed by atoms with E-state index in [4.69, 9.17) is 22.9 Å². The lowest BCUT2D eigenvalue weighted by Gasteiger charge is -2.29. The number of hydrogen-bond donors (Lipinski definition) is 10. The van der Waals surface area contributed by atoms with Gasteiger partial charge in [-0.1, -0.05) is 59.7 Å². The predicted octanol–water partition coefficient (Wildman–Crippen LogP) is -0.300. The fourth-order valence-electron chi connectivity index (χ4n) is 5.93. The van der Waals surface area contributed by atoms with E-state index in [0.717, 1.165) is 16.5 Å². The number of fused-ring (bicyclic) bond motifs is 1. The largest absolute Gasteiger partial charge is 0.370 e. The van der Waals surface area contributed by atoms with Crippen LogP contribution < -0.4 is 49.5 Å². The summed E-state index contributed by atoms with van der Waals surface area (Å²) in [6, 6.07) is 0.803. The number of aromatic amines is 1. The van der Waals surface area contributed by atoms with Gasteiger partial charge in [-0.05, 0) is 68.0 Å². The van der Waals surface area contributed by atoms with Crippen LogP contribution in [0.5, 0.6) is 0 Å². The van der Waals surface area contributed by atoms with E-state index in [0.29, 0.717) is 19.4 Å². The molecule has 1 aromatic heterocycles. The Labute approximate surface area is 323 Å². The molecule has 0 aliphatic rings. The lowest BCUT2D eigenvalue weighted by molar-refractivity contribution is -0.136. The molecule has 1 aromatic carbocycles. The van der Waals surface area contributed by atoms with Crippen LogP contribution in [-0.4, -0.2) is 89.1 Å². The van der Waals surface area contributed by atoms with Gasteiger partial charge >= 0.3 is 0 Å². The zero-order valence-electron chi connectivity index (χ0n) is 32.9. The van der Waals surface area contributed by atoms with Crippen molar-refractivity contribution in [3.8, 4) is 0 Å². The first-order valence-corrected chi connectivity index (χ1v) is 19.0. The Balaban J connectivity index is 2.27. The molecule has 14 N–H and O–H groups in total. The molecule has 0 saturated carbocycles. The number of benzene rings is 1. The van der Waals surface area contributed by atoms with Gasteiger partial charge in [0.15, 0.2) is 0 Å². The standard InChI is InChI=1S/C38H62N10O7/c1-20(2)17-29(47-38(55)32(22(5)6)48-35(52)26(13-9-10-16-39)45-37(54)31(41)21(3)4)36(53)44-27(14-15-30(40)49)34(51)46-28(33(42)50)18-23-19-43-25-12-8-7-11-24(23)25/h7-8,11-12,19-22,26-29,31-32,43H,9-10,13-18,39,41H2,1-6H3,(H2,40,49)(H2,42,50)(H,44,53)(H,45,54)(H,46,51)(H,47,55)(H,48,52)/t26-,27-,28-,29-,31-,32-/m0/s1. The van der Waals surface area contributed by atoms with Crippen LogP contribution in [0.15, 0.2) is 30.5 Å². The Hall–Kier alpha value is -5.03. The first-order chi connectivity index (χ1) is 25.9. The third kappa shape index (κ3) is 15.0. The fraction of sp³-hybridized carbons (Fsp3) is 0.605. The minimum Gasteiger partial charge on any atom is -0.370 e. The summed E-state index contributed by atoms with van der Waals surface area (Å²) in [6.45, 7) is 11.1. The van der Waals surface area contributed by atoms with Crippen LogP contribution in [0.25, 0.3) is 10.9 Å². The second-order valence-electron chi connectivity index (χ2n) is 15.1. The Morgan fingerprint density at radius 2 is 1.24 bits per heavy atom. The molecule has 17 heteroatoms. The minimum absolute atomic E-state index is 0.0536. The predicted molar refractivity (Wildman–Crippen MR) is 209 cm³/mol. The van der Waals surface area contributed by atoms with E-state index in [1.165, 1.54) is 0 Å². The average molecular weight is 771 g/mol.